The highest BCUT2D eigenvalue weighted by atomic mass is 16.5. The summed E-state index contributed by atoms with van der Waals surface area (Å²) in [5, 5.41) is 9.78. The molecule has 6 nitrogen and oxygen atoms in total. The standard InChI is InChI=1S/C24H32N2O4/c1-16-20(24(28)29)15-21(19-10-6-7-11-22(19)30-2)26(16)18(12-13-23(25)27)14-17-8-4-3-5-9-17/h6-7,10-11,15,17-18H,3-5,8-9,12-14H2,1-2H3,(H2,25,27)(H,28,29). The van der Waals surface area contributed by atoms with E-state index in [1.54, 1.807) is 13.2 Å². The summed E-state index contributed by atoms with van der Waals surface area (Å²) in [6.45, 7) is 1.85. The van der Waals surface area contributed by atoms with Crippen LogP contribution in [-0.4, -0.2) is 28.7 Å². The number of ether oxygens (including phenoxy) is 1. The number of benzene rings is 1. The van der Waals surface area contributed by atoms with Gasteiger partial charge < -0.3 is 20.1 Å². The summed E-state index contributed by atoms with van der Waals surface area (Å²) < 4.78 is 7.67. The van der Waals surface area contributed by atoms with Gasteiger partial charge in [-0.2, -0.15) is 0 Å². The first-order valence-electron chi connectivity index (χ1n) is 10.8. The Hall–Kier alpha value is -2.76. The maximum Gasteiger partial charge on any atom is 0.337 e. The third-order valence-corrected chi connectivity index (χ3v) is 6.32. The second-order valence-electron chi connectivity index (χ2n) is 8.30. The summed E-state index contributed by atoms with van der Waals surface area (Å²) in [5.74, 6) is -0.00352. The van der Waals surface area contributed by atoms with E-state index >= 15 is 0 Å². The fourth-order valence-electron chi connectivity index (χ4n) is 4.84. The van der Waals surface area contributed by atoms with Gasteiger partial charge in [-0.25, -0.2) is 4.79 Å². The van der Waals surface area contributed by atoms with E-state index in [1.807, 2.05) is 31.2 Å². The summed E-state index contributed by atoms with van der Waals surface area (Å²) in [7, 11) is 1.61. The van der Waals surface area contributed by atoms with Gasteiger partial charge in [0.25, 0.3) is 0 Å². The lowest BCUT2D eigenvalue weighted by Gasteiger charge is -2.30. The Morgan fingerprint density at radius 1 is 1.23 bits per heavy atom. The molecule has 1 amide bonds. The summed E-state index contributed by atoms with van der Waals surface area (Å²) >= 11 is 0. The SMILES string of the molecule is COc1ccccc1-c1cc(C(=O)O)c(C)n1C(CCC(N)=O)CC1CCCCC1. The molecule has 0 spiro atoms. The molecule has 1 aromatic heterocycles. The molecular formula is C24H32N2O4. The Bertz CT molecular complexity index is 897. The smallest absolute Gasteiger partial charge is 0.337 e. The number of para-hydroxylation sites is 1. The van der Waals surface area contributed by atoms with Crippen molar-refractivity contribution in [2.24, 2.45) is 11.7 Å². The molecule has 1 saturated carbocycles. The number of primary amides is 1. The summed E-state index contributed by atoms with van der Waals surface area (Å²) in [6, 6.07) is 9.38. The molecule has 0 radical (unpaired) electrons. The first kappa shape index (κ1) is 21.9. The third-order valence-electron chi connectivity index (χ3n) is 6.32. The van der Waals surface area contributed by atoms with Crippen LogP contribution in [0.4, 0.5) is 0 Å². The van der Waals surface area contributed by atoms with Crippen molar-refractivity contribution in [1.82, 2.24) is 4.57 Å². The molecule has 1 heterocycles. The second kappa shape index (κ2) is 9.83. The van der Waals surface area contributed by atoms with Crippen molar-refractivity contribution in [2.75, 3.05) is 7.11 Å². The van der Waals surface area contributed by atoms with Crippen LogP contribution in [0.3, 0.4) is 0 Å². The van der Waals surface area contributed by atoms with Gasteiger partial charge in [-0.15, -0.1) is 0 Å². The van der Waals surface area contributed by atoms with Crippen LogP contribution in [0.5, 0.6) is 5.75 Å². The summed E-state index contributed by atoms with van der Waals surface area (Å²) in [5.41, 5.74) is 8.12. The Morgan fingerprint density at radius 3 is 2.57 bits per heavy atom. The minimum Gasteiger partial charge on any atom is -0.496 e. The van der Waals surface area contributed by atoms with Crippen molar-refractivity contribution < 1.29 is 19.4 Å². The quantitative estimate of drug-likeness (QED) is 0.609. The van der Waals surface area contributed by atoms with Crippen molar-refractivity contribution >= 4 is 11.9 Å². The molecule has 1 fully saturated rings. The Kier molecular flexibility index (Phi) is 7.19. The predicted molar refractivity (Wildman–Crippen MR) is 117 cm³/mol. The average molecular weight is 413 g/mol. The average Bonchev–Trinajstić information content (AvgIpc) is 3.09. The van der Waals surface area contributed by atoms with Crippen LogP contribution in [0.15, 0.2) is 30.3 Å². The minimum atomic E-state index is -0.950. The van der Waals surface area contributed by atoms with E-state index < -0.39 is 5.97 Å². The molecule has 1 atom stereocenters. The fourth-order valence-corrected chi connectivity index (χ4v) is 4.84. The van der Waals surface area contributed by atoms with Crippen molar-refractivity contribution in [3.05, 3.63) is 41.6 Å². The molecule has 6 heteroatoms. The Balaban J connectivity index is 2.10. The fraction of sp³-hybridized carbons (Fsp3) is 0.500. The maximum atomic E-state index is 11.9. The van der Waals surface area contributed by atoms with Gasteiger partial charge in [-0.3, -0.25) is 4.79 Å². The lowest BCUT2D eigenvalue weighted by molar-refractivity contribution is -0.118. The number of carbonyl (C=O) groups is 2. The van der Waals surface area contributed by atoms with E-state index in [2.05, 4.69) is 4.57 Å². The number of rotatable bonds is 9. The summed E-state index contributed by atoms with van der Waals surface area (Å²) in [6.07, 6.45) is 7.91. The molecule has 3 rings (SSSR count). The van der Waals surface area contributed by atoms with Crippen LogP contribution in [0.1, 0.15) is 73.5 Å². The second-order valence-corrected chi connectivity index (χ2v) is 8.30. The van der Waals surface area contributed by atoms with Gasteiger partial charge in [0.1, 0.15) is 5.75 Å². The van der Waals surface area contributed by atoms with Gasteiger partial charge in [-0.1, -0.05) is 44.2 Å². The molecule has 1 aliphatic carbocycles. The number of aromatic carboxylic acids is 1. The predicted octanol–water partition coefficient (Wildman–Crippen LogP) is 4.95. The number of hydrogen-bond donors (Lipinski definition) is 2. The van der Waals surface area contributed by atoms with Crippen LogP contribution in [-0.2, 0) is 4.79 Å². The third kappa shape index (κ3) is 4.86. The Labute approximate surface area is 178 Å². The lowest BCUT2D eigenvalue weighted by Crippen LogP contribution is -2.21. The zero-order valence-corrected chi connectivity index (χ0v) is 17.9. The molecule has 30 heavy (non-hydrogen) atoms. The molecule has 0 bridgehead atoms. The molecule has 0 saturated heterocycles. The molecule has 162 valence electrons. The normalized spacial score (nSPS) is 15.7. The van der Waals surface area contributed by atoms with E-state index in [4.69, 9.17) is 10.5 Å². The number of hydrogen-bond acceptors (Lipinski definition) is 3. The number of methoxy groups -OCH3 is 1. The number of aromatic nitrogens is 1. The highest BCUT2D eigenvalue weighted by Crippen LogP contribution is 2.40. The largest absolute Gasteiger partial charge is 0.496 e. The van der Waals surface area contributed by atoms with E-state index in [9.17, 15) is 14.7 Å². The van der Waals surface area contributed by atoms with Crippen molar-refractivity contribution in [2.45, 2.75) is 64.3 Å². The topological polar surface area (TPSA) is 94.6 Å². The molecule has 2 aromatic rings. The Morgan fingerprint density at radius 2 is 1.93 bits per heavy atom. The van der Waals surface area contributed by atoms with E-state index in [-0.39, 0.29) is 23.9 Å². The summed E-state index contributed by atoms with van der Waals surface area (Å²) in [4.78, 5) is 23.5. The van der Waals surface area contributed by atoms with Gasteiger partial charge in [0.05, 0.1) is 18.4 Å². The highest BCUT2D eigenvalue weighted by molar-refractivity contribution is 5.91. The molecule has 1 aromatic carbocycles. The van der Waals surface area contributed by atoms with Crippen LogP contribution in [0, 0.1) is 12.8 Å². The van der Waals surface area contributed by atoms with Crippen molar-refractivity contribution in [1.29, 1.82) is 0 Å². The molecule has 1 aliphatic rings. The van der Waals surface area contributed by atoms with Crippen LogP contribution >= 0.6 is 0 Å². The van der Waals surface area contributed by atoms with Crippen LogP contribution in [0.2, 0.25) is 0 Å². The molecule has 3 N–H and O–H groups in total. The maximum absolute atomic E-state index is 11.9. The number of nitrogens with zero attached hydrogens (tertiary/aromatic N) is 1. The van der Waals surface area contributed by atoms with E-state index in [0.29, 0.717) is 23.8 Å². The number of nitrogens with two attached hydrogens (primary N) is 1. The lowest BCUT2D eigenvalue weighted by atomic mass is 9.83. The molecule has 1 unspecified atom stereocenters. The number of carboxylic acids is 1. The monoisotopic (exact) mass is 412 g/mol. The van der Waals surface area contributed by atoms with Crippen LogP contribution in [0.25, 0.3) is 11.3 Å². The zero-order chi connectivity index (χ0) is 21.7. The number of carboxylic acid groups (broad SMARTS) is 1. The highest BCUT2D eigenvalue weighted by Gasteiger charge is 2.27. The first-order chi connectivity index (χ1) is 14.4. The van der Waals surface area contributed by atoms with E-state index in [1.165, 1.54) is 32.1 Å². The van der Waals surface area contributed by atoms with Gasteiger partial charge in [0.15, 0.2) is 0 Å². The minimum absolute atomic E-state index is 0.00797. The van der Waals surface area contributed by atoms with Gasteiger partial charge >= 0.3 is 5.97 Å². The first-order valence-corrected chi connectivity index (χ1v) is 10.8. The van der Waals surface area contributed by atoms with Gasteiger partial charge in [-0.05, 0) is 43.9 Å². The number of carbonyl (C=O) groups excluding carboxylic acids is 1. The van der Waals surface area contributed by atoms with Crippen molar-refractivity contribution in [3.8, 4) is 17.0 Å². The molecular weight excluding hydrogens is 380 g/mol. The zero-order valence-electron chi connectivity index (χ0n) is 17.9. The van der Waals surface area contributed by atoms with Gasteiger partial charge in [0.2, 0.25) is 5.91 Å². The van der Waals surface area contributed by atoms with Crippen LogP contribution < -0.4 is 10.5 Å². The van der Waals surface area contributed by atoms with Gasteiger partial charge in [0, 0.05) is 23.7 Å². The van der Waals surface area contributed by atoms with Crippen molar-refractivity contribution in [3.63, 3.8) is 0 Å². The van der Waals surface area contributed by atoms with E-state index in [0.717, 1.165) is 17.7 Å². The molecule has 0 aliphatic heterocycles. The number of amides is 1.